The van der Waals surface area contributed by atoms with Crippen LogP contribution < -0.4 is 9.62 Å². The first-order valence-corrected chi connectivity index (χ1v) is 14.0. The highest BCUT2D eigenvalue weighted by atomic mass is 35.5. The number of rotatable bonds is 12. The van der Waals surface area contributed by atoms with Crippen LogP contribution >= 0.6 is 11.6 Å². The summed E-state index contributed by atoms with van der Waals surface area (Å²) in [7, 11) is -3.52. The van der Waals surface area contributed by atoms with Crippen molar-refractivity contribution < 1.29 is 18.0 Å². The summed E-state index contributed by atoms with van der Waals surface area (Å²) in [6, 6.07) is 13.7. The number of sulfonamides is 1. The molecule has 0 saturated heterocycles. The van der Waals surface area contributed by atoms with Gasteiger partial charge in [0, 0.05) is 30.6 Å². The Morgan fingerprint density at radius 1 is 1.03 bits per heavy atom. The van der Waals surface area contributed by atoms with Crippen molar-refractivity contribution in [3.05, 3.63) is 64.7 Å². The minimum atomic E-state index is -3.52. The van der Waals surface area contributed by atoms with Crippen LogP contribution in [0.5, 0.6) is 0 Å². The third-order valence-electron chi connectivity index (χ3n) is 5.56. The number of anilines is 1. The molecule has 1 atom stereocenters. The third kappa shape index (κ3) is 8.85. The van der Waals surface area contributed by atoms with E-state index in [-0.39, 0.29) is 37.4 Å². The zero-order valence-electron chi connectivity index (χ0n) is 21.1. The average Bonchev–Trinajstić information content (AvgIpc) is 2.77. The molecule has 35 heavy (non-hydrogen) atoms. The van der Waals surface area contributed by atoms with Crippen LogP contribution in [0.4, 0.5) is 5.69 Å². The van der Waals surface area contributed by atoms with Crippen LogP contribution in [0.2, 0.25) is 5.02 Å². The van der Waals surface area contributed by atoms with Crippen molar-refractivity contribution in [2.24, 2.45) is 0 Å². The first kappa shape index (κ1) is 28.7. The Balaban J connectivity index is 2.20. The molecule has 0 radical (unpaired) electrons. The Labute approximate surface area is 214 Å². The fourth-order valence-electron chi connectivity index (χ4n) is 3.80. The summed E-state index contributed by atoms with van der Waals surface area (Å²) in [5.74, 6) is -0.412. The van der Waals surface area contributed by atoms with Gasteiger partial charge in [0.05, 0.1) is 11.9 Å². The zero-order chi connectivity index (χ0) is 26.2. The van der Waals surface area contributed by atoms with E-state index >= 15 is 0 Å². The molecule has 0 aliphatic carbocycles. The topological polar surface area (TPSA) is 86.8 Å². The largest absolute Gasteiger partial charge is 0.352 e. The number of carbonyl (C=O) groups excluding carboxylic acids is 2. The van der Waals surface area contributed by atoms with Crippen LogP contribution in [0.25, 0.3) is 0 Å². The number of benzene rings is 2. The molecular weight excluding hydrogens is 486 g/mol. The van der Waals surface area contributed by atoms with Gasteiger partial charge in [-0.05, 0) is 63.4 Å². The molecule has 1 N–H and O–H groups in total. The van der Waals surface area contributed by atoms with Gasteiger partial charge in [-0.25, -0.2) is 8.42 Å². The van der Waals surface area contributed by atoms with Gasteiger partial charge in [-0.3, -0.25) is 13.9 Å². The fraction of sp³-hybridized carbons (Fsp3) is 0.462. The van der Waals surface area contributed by atoms with E-state index in [1.807, 2.05) is 52.0 Å². The van der Waals surface area contributed by atoms with Gasteiger partial charge < -0.3 is 10.2 Å². The zero-order valence-corrected chi connectivity index (χ0v) is 22.7. The number of nitrogens with zero attached hydrogens (tertiary/aromatic N) is 2. The summed E-state index contributed by atoms with van der Waals surface area (Å²) in [5, 5.41) is 3.49. The van der Waals surface area contributed by atoms with Gasteiger partial charge in [-0.2, -0.15) is 0 Å². The van der Waals surface area contributed by atoms with Gasteiger partial charge in [0.15, 0.2) is 0 Å². The molecule has 0 bridgehead atoms. The van der Waals surface area contributed by atoms with E-state index in [1.54, 1.807) is 29.2 Å². The Kier molecular flexibility index (Phi) is 10.6. The minimum Gasteiger partial charge on any atom is -0.352 e. The molecule has 0 fully saturated rings. The maximum absolute atomic E-state index is 13.4. The molecule has 2 aromatic rings. The van der Waals surface area contributed by atoms with Gasteiger partial charge in [-0.15, -0.1) is 0 Å². The summed E-state index contributed by atoms with van der Waals surface area (Å²) in [5.41, 5.74) is 2.45. The van der Waals surface area contributed by atoms with Crippen LogP contribution in [0, 0.1) is 6.92 Å². The van der Waals surface area contributed by atoms with E-state index in [4.69, 9.17) is 11.6 Å². The fourth-order valence-corrected chi connectivity index (χ4v) is 4.89. The second kappa shape index (κ2) is 12.9. The van der Waals surface area contributed by atoms with E-state index in [0.29, 0.717) is 23.6 Å². The molecule has 7 nitrogen and oxygen atoms in total. The molecule has 192 valence electrons. The number of nitrogens with one attached hydrogen (secondary N) is 1. The number of amides is 2. The molecule has 0 saturated carbocycles. The van der Waals surface area contributed by atoms with Gasteiger partial charge in [-0.1, -0.05) is 48.4 Å². The molecule has 0 aliphatic rings. The van der Waals surface area contributed by atoms with Crippen molar-refractivity contribution in [1.82, 2.24) is 10.2 Å². The summed E-state index contributed by atoms with van der Waals surface area (Å²) >= 11 is 6.00. The molecular formula is C26H36ClN3O4S. The normalized spacial score (nSPS) is 12.3. The van der Waals surface area contributed by atoms with Crippen molar-refractivity contribution in [1.29, 1.82) is 0 Å². The maximum atomic E-state index is 13.4. The van der Waals surface area contributed by atoms with Crippen molar-refractivity contribution in [3.8, 4) is 0 Å². The van der Waals surface area contributed by atoms with Crippen LogP contribution in [0.1, 0.15) is 51.2 Å². The SMILES string of the molecule is CC[C@@H](C(=O)NC(C)C)N(Cc1ccc(Cl)cc1)C(=O)CCCN(c1ccc(C)cc1)S(C)(=O)=O. The number of hydrogen-bond donors (Lipinski definition) is 1. The lowest BCUT2D eigenvalue weighted by atomic mass is 10.1. The highest BCUT2D eigenvalue weighted by Crippen LogP contribution is 2.20. The predicted molar refractivity (Wildman–Crippen MR) is 142 cm³/mol. The van der Waals surface area contributed by atoms with E-state index < -0.39 is 16.1 Å². The lowest BCUT2D eigenvalue weighted by Gasteiger charge is -2.31. The van der Waals surface area contributed by atoms with E-state index in [1.165, 1.54) is 4.31 Å². The summed E-state index contributed by atoms with van der Waals surface area (Å²) in [4.78, 5) is 27.8. The molecule has 0 heterocycles. The second-order valence-electron chi connectivity index (χ2n) is 9.01. The smallest absolute Gasteiger partial charge is 0.243 e. The Morgan fingerprint density at radius 2 is 1.63 bits per heavy atom. The minimum absolute atomic E-state index is 0.0538. The Hall–Kier alpha value is -2.58. The standard InChI is InChI=1S/C26H36ClN3O4S/c1-6-24(26(32)28-19(2)3)29(18-21-11-13-22(27)14-12-21)25(31)8-7-17-30(35(5,33)34)23-15-9-20(4)10-16-23/h9-16,19,24H,6-8,17-18H2,1-5H3,(H,28,32)/t24-/m0/s1. The molecule has 0 unspecified atom stereocenters. The van der Waals surface area contributed by atoms with Crippen molar-refractivity contribution in [2.45, 2.75) is 65.6 Å². The molecule has 9 heteroatoms. The van der Waals surface area contributed by atoms with E-state index in [0.717, 1.165) is 17.4 Å². The molecule has 0 spiro atoms. The van der Waals surface area contributed by atoms with Crippen LogP contribution in [-0.2, 0) is 26.2 Å². The Morgan fingerprint density at radius 3 is 2.14 bits per heavy atom. The van der Waals surface area contributed by atoms with Gasteiger partial charge in [0.1, 0.15) is 6.04 Å². The predicted octanol–water partition coefficient (Wildman–Crippen LogP) is 4.53. The lowest BCUT2D eigenvalue weighted by Crippen LogP contribution is -2.50. The van der Waals surface area contributed by atoms with Gasteiger partial charge in [0.25, 0.3) is 0 Å². The summed E-state index contributed by atoms with van der Waals surface area (Å²) in [6.07, 6.45) is 2.04. The van der Waals surface area contributed by atoms with Crippen molar-refractivity contribution in [2.75, 3.05) is 17.1 Å². The van der Waals surface area contributed by atoms with E-state index in [9.17, 15) is 18.0 Å². The van der Waals surface area contributed by atoms with E-state index in [2.05, 4.69) is 5.32 Å². The average molecular weight is 522 g/mol. The highest BCUT2D eigenvalue weighted by Gasteiger charge is 2.29. The van der Waals surface area contributed by atoms with Crippen LogP contribution in [0.15, 0.2) is 48.5 Å². The van der Waals surface area contributed by atoms with Crippen LogP contribution in [0.3, 0.4) is 0 Å². The number of halogens is 1. The number of carbonyl (C=O) groups is 2. The third-order valence-corrected chi connectivity index (χ3v) is 7.00. The molecule has 2 rings (SSSR count). The second-order valence-corrected chi connectivity index (χ2v) is 11.4. The van der Waals surface area contributed by atoms with Crippen molar-refractivity contribution in [3.63, 3.8) is 0 Å². The quantitative estimate of drug-likeness (QED) is 0.444. The first-order chi connectivity index (χ1) is 16.4. The molecule has 2 amide bonds. The van der Waals surface area contributed by atoms with Gasteiger partial charge >= 0.3 is 0 Å². The van der Waals surface area contributed by atoms with Gasteiger partial charge in [0.2, 0.25) is 21.8 Å². The number of aryl methyl sites for hydroxylation is 1. The molecule has 2 aromatic carbocycles. The first-order valence-electron chi connectivity index (χ1n) is 11.8. The highest BCUT2D eigenvalue weighted by molar-refractivity contribution is 7.92. The summed E-state index contributed by atoms with van der Waals surface area (Å²) < 4.78 is 26.1. The lowest BCUT2D eigenvalue weighted by molar-refractivity contribution is -0.141. The van der Waals surface area contributed by atoms with Crippen molar-refractivity contribution >= 4 is 39.1 Å². The van der Waals surface area contributed by atoms with Crippen LogP contribution in [-0.4, -0.2) is 50.0 Å². The molecule has 0 aromatic heterocycles. The number of hydrogen-bond acceptors (Lipinski definition) is 4. The molecule has 0 aliphatic heterocycles. The maximum Gasteiger partial charge on any atom is 0.243 e. The summed E-state index contributed by atoms with van der Waals surface area (Å²) in [6.45, 7) is 7.98. The monoisotopic (exact) mass is 521 g/mol. The Bertz CT molecular complexity index is 1090.